The molecule has 0 unspecified atom stereocenters. The summed E-state index contributed by atoms with van der Waals surface area (Å²) < 4.78 is 4.90. The fourth-order valence-corrected chi connectivity index (χ4v) is 4.41. The van der Waals surface area contributed by atoms with Gasteiger partial charge >= 0.3 is 0 Å². The largest absolute Gasteiger partial charge is 0.340 e. The maximum Gasteiger partial charge on any atom is 0.223 e. The second-order valence-electron chi connectivity index (χ2n) is 4.59. The molecule has 0 aliphatic carbocycles. The first kappa shape index (κ1) is 11.8. The van der Waals surface area contributed by atoms with Crippen LogP contribution < -0.4 is 0 Å². The zero-order chi connectivity index (χ0) is 10.6. The molecule has 0 N–H and O–H groups in total. The molecule has 0 radical (unpaired) electrons. The van der Waals surface area contributed by atoms with Gasteiger partial charge < -0.3 is 4.52 Å². The molecule has 14 heavy (non-hydrogen) atoms. The van der Waals surface area contributed by atoms with E-state index in [0.717, 1.165) is 11.6 Å². The van der Waals surface area contributed by atoms with Crippen LogP contribution in [0.3, 0.4) is 0 Å². The molecule has 0 bridgehead atoms. The molecule has 0 spiro atoms. The summed E-state index contributed by atoms with van der Waals surface area (Å²) in [6, 6.07) is 1.36. The molecule has 5 heteroatoms. The van der Waals surface area contributed by atoms with E-state index in [0.29, 0.717) is 5.89 Å². The molecule has 0 aromatic carbocycles. The smallest absolute Gasteiger partial charge is 0.223 e. The van der Waals surface area contributed by atoms with E-state index in [1.807, 2.05) is 18.7 Å². The van der Waals surface area contributed by atoms with Gasteiger partial charge in [-0.25, -0.2) is 0 Å². The lowest BCUT2D eigenvalue weighted by Crippen LogP contribution is -2.19. The molecule has 80 valence electrons. The van der Waals surface area contributed by atoms with E-state index < -0.39 is 8.07 Å². The molecule has 0 atom stereocenters. The topological polar surface area (TPSA) is 38.9 Å². The van der Waals surface area contributed by atoms with Crippen molar-refractivity contribution in [2.45, 2.75) is 38.4 Å². The lowest BCUT2D eigenvalue weighted by atomic mass is 10.7. The SMILES string of the molecule is Cc1nc(CSCC[Si](C)(C)C)no1. The Kier molecular flexibility index (Phi) is 4.19. The van der Waals surface area contributed by atoms with E-state index in [4.69, 9.17) is 4.52 Å². The summed E-state index contributed by atoms with van der Waals surface area (Å²) in [7, 11) is -0.875. The van der Waals surface area contributed by atoms with Gasteiger partial charge in [0.2, 0.25) is 5.89 Å². The van der Waals surface area contributed by atoms with Crippen LogP contribution in [0.4, 0.5) is 0 Å². The Morgan fingerprint density at radius 2 is 2.07 bits per heavy atom. The number of aryl methyl sites for hydroxylation is 1. The van der Waals surface area contributed by atoms with Crippen molar-refractivity contribution < 1.29 is 4.52 Å². The second-order valence-corrected chi connectivity index (χ2v) is 11.3. The van der Waals surface area contributed by atoms with Gasteiger partial charge in [-0.1, -0.05) is 24.8 Å². The summed E-state index contributed by atoms with van der Waals surface area (Å²) in [6.45, 7) is 9.01. The first-order valence-electron chi connectivity index (χ1n) is 4.84. The molecule has 1 rings (SSSR count). The van der Waals surface area contributed by atoms with Crippen LogP contribution in [0.2, 0.25) is 25.7 Å². The minimum Gasteiger partial charge on any atom is -0.340 e. The predicted molar refractivity (Wildman–Crippen MR) is 63.4 cm³/mol. The number of nitrogens with zero attached hydrogens (tertiary/aromatic N) is 2. The van der Waals surface area contributed by atoms with Crippen LogP contribution in [-0.4, -0.2) is 24.0 Å². The Morgan fingerprint density at radius 1 is 1.36 bits per heavy atom. The van der Waals surface area contributed by atoms with Gasteiger partial charge in [0, 0.05) is 15.0 Å². The average Bonchev–Trinajstić information content (AvgIpc) is 2.44. The number of rotatable bonds is 5. The molecular weight excluding hydrogens is 212 g/mol. The van der Waals surface area contributed by atoms with Crippen molar-refractivity contribution in [3.63, 3.8) is 0 Å². The zero-order valence-electron chi connectivity index (χ0n) is 9.33. The van der Waals surface area contributed by atoms with Crippen LogP contribution in [0.15, 0.2) is 4.52 Å². The van der Waals surface area contributed by atoms with Gasteiger partial charge in [0.05, 0.1) is 5.75 Å². The van der Waals surface area contributed by atoms with Gasteiger partial charge in [-0.3, -0.25) is 0 Å². The molecule has 3 nitrogen and oxygen atoms in total. The van der Waals surface area contributed by atoms with Gasteiger partial charge in [0.1, 0.15) is 0 Å². The van der Waals surface area contributed by atoms with Crippen molar-refractivity contribution in [3.05, 3.63) is 11.7 Å². The van der Waals surface area contributed by atoms with Crippen molar-refractivity contribution >= 4 is 19.8 Å². The molecule has 0 saturated carbocycles. The van der Waals surface area contributed by atoms with Gasteiger partial charge in [-0.15, -0.1) is 0 Å². The first-order chi connectivity index (χ1) is 6.47. The fourth-order valence-electron chi connectivity index (χ4n) is 0.942. The molecule has 0 saturated heterocycles. The maximum absolute atomic E-state index is 4.90. The number of hydrogen-bond donors (Lipinski definition) is 0. The van der Waals surface area contributed by atoms with E-state index in [9.17, 15) is 0 Å². The minimum absolute atomic E-state index is 0.658. The number of thioether (sulfide) groups is 1. The Bertz CT molecular complexity index is 283. The lowest BCUT2D eigenvalue weighted by molar-refractivity contribution is 0.389. The van der Waals surface area contributed by atoms with Crippen LogP contribution in [0.5, 0.6) is 0 Å². The van der Waals surface area contributed by atoms with Crippen molar-refractivity contribution in [3.8, 4) is 0 Å². The molecule has 0 aliphatic heterocycles. The van der Waals surface area contributed by atoms with Gasteiger partial charge in [0.15, 0.2) is 5.82 Å². The number of hydrogen-bond acceptors (Lipinski definition) is 4. The standard InChI is InChI=1S/C9H18N2OSSi/c1-8-10-9(11-12-8)7-13-5-6-14(2,3)4/h5-7H2,1-4H3. The third-order valence-electron chi connectivity index (χ3n) is 1.80. The van der Waals surface area contributed by atoms with Crippen molar-refractivity contribution in [1.29, 1.82) is 0 Å². The monoisotopic (exact) mass is 230 g/mol. The lowest BCUT2D eigenvalue weighted by Gasteiger charge is -2.14. The summed E-state index contributed by atoms with van der Waals surface area (Å²) in [5.74, 6) is 3.57. The molecule has 1 aromatic heterocycles. The van der Waals surface area contributed by atoms with Gasteiger partial charge in [-0.2, -0.15) is 16.7 Å². The van der Waals surface area contributed by atoms with Crippen molar-refractivity contribution in [1.82, 2.24) is 10.1 Å². The second kappa shape index (κ2) is 4.98. The fraction of sp³-hybridized carbons (Fsp3) is 0.778. The number of aromatic nitrogens is 2. The molecule has 0 aliphatic rings. The van der Waals surface area contributed by atoms with Crippen LogP contribution in [0, 0.1) is 6.92 Å². The van der Waals surface area contributed by atoms with E-state index in [1.54, 1.807) is 0 Å². The van der Waals surface area contributed by atoms with E-state index in [2.05, 4.69) is 29.8 Å². The van der Waals surface area contributed by atoms with Crippen molar-refractivity contribution in [2.24, 2.45) is 0 Å². The third-order valence-corrected chi connectivity index (χ3v) is 4.86. The highest BCUT2D eigenvalue weighted by atomic mass is 32.2. The highest BCUT2D eigenvalue weighted by molar-refractivity contribution is 7.98. The molecule has 0 amide bonds. The quantitative estimate of drug-likeness (QED) is 0.576. The minimum atomic E-state index is -0.875. The van der Waals surface area contributed by atoms with Crippen LogP contribution in [-0.2, 0) is 5.75 Å². The molecule has 1 heterocycles. The Hall–Kier alpha value is -0.293. The van der Waals surface area contributed by atoms with E-state index in [-0.39, 0.29) is 0 Å². The molecule has 0 fully saturated rings. The Balaban J connectivity index is 2.16. The van der Waals surface area contributed by atoms with Crippen LogP contribution >= 0.6 is 11.8 Å². The first-order valence-corrected chi connectivity index (χ1v) is 9.70. The molecular formula is C9H18N2OSSi. The van der Waals surface area contributed by atoms with Gasteiger partial charge in [0.25, 0.3) is 0 Å². The third kappa shape index (κ3) is 4.81. The van der Waals surface area contributed by atoms with Crippen molar-refractivity contribution in [2.75, 3.05) is 5.75 Å². The Morgan fingerprint density at radius 3 is 2.57 bits per heavy atom. The highest BCUT2D eigenvalue weighted by Crippen LogP contribution is 2.16. The van der Waals surface area contributed by atoms with E-state index in [1.165, 1.54) is 11.8 Å². The molecule has 1 aromatic rings. The zero-order valence-corrected chi connectivity index (χ0v) is 11.1. The predicted octanol–water partition coefficient (Wildman–Crippen LogP) is 2.95. The van der Waals surface area contributed by atoms with E-state index >= 15 is 0 Å². The summed E-state index contributed by atoms with van der Waals surface area (Å²) in [5.41, 5.74) is 0. The normalized spacial score (nSPS) is 12.0. The summed E-state index contributed by atoms with van der Waals surface area (Å²) in [6.07, 6.45) is 0. The summed E-state index contributed by atoms with van der Waals surface area (Å²) in [5, 5.41) is 3.85. The Labute approximate surface area is 90.7 Å². The van der Waals surface area contributed by atoms with Crippen LogP contribution in [0.25, 0.3) is 0 Å². The van der Waals surface area contributed by atoms with Crippen LogP contribution in [0.1, 0.15) is 11.7 Å². The average molecular weight is 230 g/mol. The highest BCUT2D eigenvalue weighted by Gasteiger charge is 2.12. The van der Waals surface area contributed by atoms with Gasteiger partial charge in [-0.05, 0) is 11.8 Å². The summed E-state index contributed by atoms with van der Waals surface area (Å²) in [4.78, 5) is 4.16. The summed E-state index contributed by atoms with van der Waals surface area (Å²) >= 11 is 1.90. The maximum atomic E-state index is 4.90.